The molecule has 5 heteroatoms. The zero-order valence-corrected chi connectivity index (χ0v) is 14.8. The van der Waals surface area contributed by atoms with Gasteiger partial charge >= 0.3 is 0 Å². The van der Waals surface area contributed by atoms with Crippen LogP contribution in [0.15, 0.2) is 42.9 Å². The van der Waals surface area contributed by atoms with Gasteiger partial charge in [0, 0.05) is 17.9 Å². The van der Waals surface area contributed by atoms with Crippen LogP contribution in [0.25, 0.3) is 0 Å². The van der Waals surface area contributed by atoms with E-state index in [0.717, 1.165) is 23.6 Å². The minimum absolute atomic E-state index is 0.165. The van der Waals surface area contributed by atoms with Gasteiger partial charge in [0.2, 0.25) is 0 Å². The summed E-state index contributed by atoms with van der Waals surface area (Å²) in [7, 11) is 0. The van der Waals surface area contributed by atoms with Gasteiger partial charge in [-0.1, -0.05) is 0 Å². The first-order chi connectivity index (χ1) is 12.7. The molecule has 0 spiro atoms. The summed E-state index contributed by atoms with van der Waals surface area (Å²) in [6.45, 7) is 0. The first-order valence-electron chi connectivity index (χ1n) is 9.63. The van der Waals surface area contributed by atoms with Gasteiger partial charge in [-0.05, 0) is 80.5 Å². The number of aromatic nitrogens is 2. The Morgan fingerprint density at radius 2 is 1.73 bits per heavy atom. The van der Waals surface area contributed by atoms with Crippen molar-refractivity contribution in [1.29, 1.82) is 0 Å². The van der Waals surface area contributed by atoms with Crippen molar-refractivity contribution < 1.29 is 4.79 Å². The maximum atomic E-state index is 12.2. The number of anilines is 2. The lowest BCUT2D eigenvalue weighted by atomic mass is 9.53. The van der Waals surface area contributed by atoms with Crippen molar-refractivity contribution in [1.82, 2.24) is 9.97 Å². The minimum atomic E-state index is -0.165. The van der Waals surface area contributed by atoms with Gasteiger partial charge in [0.05, 0.1) is 17.4 Å². The zero-order chi connectivity index (χ0) is 17.6. The van der Waals surface area contributed by atoms with Gasteiger partial charge in [-0.25, -0.2) is 4.98 Å². The molecule has 0 radical (unpaired) electrons. The summed E-state index contributed by atoms with van der Waals surface area (Å²) in [4.78, 5) is 20.7. The second-order valence-electron chi connectivity index (χ2n) is 8.45. The molecule has 6 rings (SSSR count). The third-order valence-electron chi connectivity index (χ3n) is 6.38. The van der Waals surface area contributed by atoms with E-state index in [-0.39, 0.29) is 11.4 Å². The molecule has 0 aromatic carbocycles. The standard InChI is InChI=1S/C21H24N4O/c26-20(17-2-1-5-22-12-17)24-18-3-4-19(23-13-18)25-21-9-14-6-15(10-21)8-16(7-14)11-21/h1-5,12-16H,6-11H2,(H,23,25)(H,24,26). The predicted octanol–water partition coefficient (Wildman–Crippen LogP) is 4.11. The third kappa shape index (κ3) is 2.96. The number of pyridine rings is 2. The van der Waals surface area contributed by atoms with E-state index in [9.17, 15) is 4.79 Å². The van der Waals surface area contributed by atoms with E-state index in [2.05, 4.69) is 20.6 Å². The summed E-state index contributed by atoms with van der Waals surface area (Å²) in [5.74, 6) is 3.48. The topological polar surface area (TPSA) is 66.9 Å². The fourth-order valence-electron chi connectivity index (χ4n) is 5.78. The highest BCUT2D eigenvalue weighted by atomic mass is 16.1. The Morgan fingerprint density at radius 3 is 2.31 bits per heavy atom. The Morgan fingerprint density at radius 1 is 1.00 bits per heavy atom. The lowest BCUT2D eigenvalue weighted by molar-refractivity contribution is 0.0105. The van der Waals surface area contributed by atoms with Gasteiger partial charge in [-0.15, -0.1) is 0 Å². The number of nitrogens with one attached hydrogen (secondary N) is 2. The van der Waals surface area contributed by atoms with Gasteiger partial charge in [-0.2, -0.15) is 0 Å². The molecule has 1 amide bonds. The molecule has 0 unspecified atom stereocenters. The molecule has 2 aromatic heterocycles. The highest BCUT2D eigenvalue weighted by Crippen LogP contribution is 2.56. The average molecular weight is 348 g/mol. The number of nitrogens with zero attached hydrogens (tertiary/aromatic N) is 2. The summed E-state index contributed by atoms with van der Waals surface area (Å²) in [5, 5.41) is 6.64. The molecule has 0 aliphatic heterocycles. The third-order valence-corrected chi connectivity index (χ3v) is 6.38. The Balaban J connectivity index is 1.26. The fourth-order valence-corrected chi connectivity index (χ4v) is 5.78. The van der Waals surface area contributed by atoms with E-state index in [0.29, 0.717) is 11.3 Å². The van der Waals surface area contributed by atoms with Crippen molar-refractivity contribution in [3.05, 3.63) is 48.4 Å². The maximum Gasteiger partial charge on any atom is 0.257 e. The molecule has 4 aliphatic carbocycles. The van der Waals surface area contributed by atoms with Crippen LogP contribution < -0.4 is 10.6 Å². The highest BCUT2D eigenvalue weighted by Gasteiger charge is 2.51. The van der Waals surface area contributed by atoms with E-state index < -0.39 is 0 Å². The molecular weight excluding hydrogens is 324 g/mol. The molecule has 134 valence electrons. The van der Waals surface area contributed by atoms with Crippen molar-refractivity contribution in [3.8, 4) is 0 Å². The SMILES string of the molecule is O=C(Nc1ccc(NC23CC4CC(CC(C4)C2)C3)nc1)c1cccnc1. The monoisotopic (exact) mass is 348 g/mol. The smallest absolute Gasteiger partial charge is 0.257 e. The van der Waals surface area contributed by atoms with Crippen molar-refractivity contribution in [2.75, 3.05) is 10.6 Å². The Kier molecular flexibility index (Phi) is 3.69. The van der Waals surface area contributed by atoms with Crippen LogP contribution in [-0.4, -0.2) is 21.4 Å². The number of carbonyl (C=O) groups excluding carboxylic acids is 1. The van der Waals surface area contributed by atoms with E-state index >= 15 is 0 Å². The number of amides is 1. The Hall–Kier alpha value is -2.43. The van der Waals surface area contributed by atoms with Crippen LogP contribution in [0, 0.1) is 17.8 Å². The molecule has 4 bridgehead atoms. The first kappa shape index (κ1) is 15.8. The summed E-state index contributed by atoms with van der Waals surface area (Å²) in [6, 6.07) is 7.41. The van der Waals surface area contributed by atoms with Crippen LogP contribution in [0.3, 0.4) is 0 Å². The van der Waals surface area contributed by atoms with Crippen molar-refractivity contribution in [2.24, 2.45) is 17.8 Å². The molecule has 4 saturated carbocycles. The molecule has 4 aliphatic rings. The molecule has 4 fully saturated rings. The molecule has 0 saturated heterocycles. The van der Waals surface area contributed by atoms with Crippen molar-refractivity contribution >= 4 is 17.4 Å². The largest absolute Gasteiger partial charge is 0.365 e. The molecule has 2 N–H and O–H groups in total. The van der Waals surface area contributed by atoms with Crippen molar-refractivity contribution in [2.45, 2.75) is 44.1 Å². The van der Waals surface area contributed by atoms with E-state index in [1.807, 2.05) is 12.1 Å². The molecule has 26 heavy (non-hydrogen) atoms. The van der Waals surface area contributed by atoms with Crippen LogP contribution in [0.1, 0.15) is 48.9 Å². The summed E-state index contributed by atoms with van der Waals surface area (Å²) < 4.78 is 0. The zero-order valence-electron chi connectivity index (χ0n) is 14.8. The Labute approximate surface area is 153 Å². The van der Waals surface area contributed by atoms with Gasteiger partial charge in [0.1, 0.15) is 5.82 Å². The molecule has 5 nitrogen and oxygen atoms in total. The summed E-state index contributed by atoms with van der Waals surface area (Å²) >= 11 is 0. The molecule has 0 atom stereocenters. The number of hydrogen-bond acceptors (Lipinski definition) is 4. The summed E-state index contributed by atoms with van der Waals surface area (Å²) in [6.07, 6.45) is 13.1. The second-order valence-corrected chi connectivity index (χ2v) is 8.45. The van der Waals surface area contributed by atoms with E-state index in [4.69, 9.17) is 0 Å². The number of carbonyl (C=O) groups is 1. The second kappa shape index (κ2) is 6.08. The van der Waals surface area contributed by atoms with Gasteiger partial charge in [-0.3, -0.25) is 9.78 Å². The molecular formula is C21H24N4O. The van der Waals surface area contributed by atoms with Crippen LogP contribution in [0.5, 0.6) is 0 Å². The minimum Gasteiger partial charge on any atom is -0.365 e. The lowest BCUT2D eigenvalue weighted by Gasteiger charge is -2.57. The first-order valence-corrected chi connectivity index (χ1v) is 9.63. The molecule has 2 heterocycles. The Bertz CT molecular complexity index is 767. The predicted molar refractivity (Wildman–Crippen MR) is 101 cm³/mol. The number of hydrogen-bond donors (Lipinski definition) is 2. The van der Waals surface area contributed by atoms with Crippen LogP contribution in [-0.2, 0) is 0 Å². The highest BCUT2D eigenvalue weighted by molar-refractivity contribution is 6.03. The summed E-state index contributed by atoms with van der Waals surface area (Å²) in [5.41, 5.74) is 1.50. The average Bonchev–Trinajstić information content (AvgIpc) is 2.63. The van der Waals surface area contributed by atoms with Gasteiger partial charge in [0.25, 0.3) is 5.91 Å². The van der Waals surface area contributed by atoms with Crippen LogP contribution in [0.4, 0.5) is 11.5 Å². The molecule has 2 aromatic rings. The van der Waals surface area contributed by atoms with E-state index in [1.165, 1.54) is 38.5 Å². The van der Waals surface area contributed by atoms with Gasteiger partial charge in [0.15, 0.2) is 0 Å². The maximum absolute atomic E-state index is 12.2. The van der Waals surface area contributed by atoms with Crippen LogP contribution >= 0.6 is 0 Å². The fraction of sp³-hybridized carbons (Fsp3) is 0.476. The van der Waals surface area contributed by atoms with Crippen molar-refractivity contribution in [3.63, 3.8) is 0 Å². The number of rotatable bonds is 4. The van der Waals surface area contributed by atoms with Gasteiger partial charge < -0.3 is 10.6 Å². The normalized spacial score (nSPS) is 31.6. The van der Waals surface area contributed by atoms with Crippen LogP contribution in [0.2, 0.25) is 0 Å². The lowest BCUT2D eigenvalue weighted by Crippen LogP contribution is -2.54. The van der Waals surface area contributed by atoms with E-state index in [1.54, 1.807) is 30.7 Å². The quantitative estimate of drug-likeness (QED) is 0.872.